The quantitative estimate of drug-likeness (QED) is 0.822. The van der Waals surface area contributed by atoms with Crippen LogP contribution < -0.4 is 4.90 Å². The van der Waals surface area contributed by atoms with Crippen molar-refractivity contribution in [1.82, 2.24) is 0 Å². The first kappa shape index (κ1) is 14.0. The number of thiophene rings is 1. The summed E-state index contributed by atoms with van der Waals surface area (Å²) in [5, 5.41) is 11.1. The molecule has 0 radical (unpaired) electrons. The lowest BCUT2D eigenvalue weighted by atomic mass is 10.3. The van der Waals surface area contributed by atoms with Crippen LogP contribution in [0.4, 0.5) is 5.88 Å². The third-order valence-electron chi connectivity index (χ3n) is 2.56. The molecule has 0 saturated heterocycles. The van der Waals surface area contributed by atoms with Crippen LogP contribution in [0.15, 0.2) is 20.3 Å². The Hall–Kier alpha value is -0.430. The average molecular weight is 348 g/mol. The van der Waals surface area contributed by atoms with Gasteiger partial charge in [-0.15, -0.1) is 11.3 Å². The van der Waals surface area contributed by atoms with Gasteiger partial charge in [-0.1, -0.05) is 19.1 Å². The minimum atomic E-state index is 0.102. The Kier molecular flexibility index (Phi) is 4.77. The minimum Gasteiger partial charge on any atom is -0.438 e. The lowest BCUT2D eigenvalue weighted by Crippen LogP contribution is -2.27. The van der Waals surface area contributed by atoms with Crippen molar-refractivity contribution in [2.75, 3.05) is 24.6 Å². The smallest absolute Gasteiger partial charge is 0.197 e. The van der Waals surface area contributed by atoms with Crippen molar-refractivity contribution in [2.45, 2.75) is 13.3 Å². The van der Waals surface area contributed by atoms with Gasteiger partial charge in [0.1, 0.15) is 0 Å². The van der Waals surface area contributed by atoms with E-state index >= 15 is 0 Å². The molecule has 18 heavy (non-hydrogen) atoms. The Morgan fingerprint density at radius 2 is 2.28 bits per heavy atom. The van der Waals surface area contributed by atoms with Gasteiger partial charge in [-0.25, -0.2) is 0 Å². The topological polar surface area (TPSA) is 36.6 Å². The number of halogens is 1. The maximum absolute atomic E-state index is 9.11. The number of hydrogen-bond acceptors (Lipinski definition) is 5. The fourth-order valence-electron chi connectivity index (χ4n) is 1.78. The van der Waals surface area contributed by atoms with E-state index in [4.69, 9.17) is 21.7 Å². The number of rotatable bonds is 5. The molecule has 0 unspecified atom stereocenters. The highest BCUT2D eigenvalue weighted by molar-refractivity contribution is 9.10. The third-order valence-corrected chi connectivity index (χ3v) is 4.90. The predicted molar refractivity (Wildman–Crippen MR) is 82.2 cm³/mol. The first-order valence-corrected chi connectivity index (χ1v) is 7.82. The van der Waals surface area contributed by atoms with E-state index in [1.54, 1.807) is 11.3 Å². The normalized spacial score (nSPS) is 11.1. The van der Waals surface area contributed by atoms with Crippen molar-refractivity contribution in [3.05, 3.63) is 20.4 Å². The fourth-order valence-corrected chi connectivity index (χ4v) is 3.57. The number of hydrogen-bond donors (Lipinski definition) is 1. The number of aliphatic hydroxyl groups excluding tert-OH is 1. The molecule has 0 saturated carbocycles. The molecule has 0 spiro atoms. The molecule has 2 heterocycles. The van der Waals surface area contributed by atoms with E-state index in [1.165, 1.54) is 0 Å². The van der Waals surface area contributed by atoms with Crippen molar-refractivity contribution in [3.8, 4) is 0 Å². The highest BCUT2D eigenvalue weighted by Gasteiger charge is 2.12. The zero-order chi connectivity index (χ0) is 13.1. The molecule has 0 aromatic carbocycles. The van der Waals surface area contributed by atoms with Gasteiger partial charge in [-0.05, 0) is 22.4 Å². The van der Waals surface area contributed by atoms with Gasteiger partial charge in [-0.2, -0.15) is 0 Å². The van der Waals surface area contributed by atoms with E-state index in [0.29, 0.717) is 6.54 Å². The summed E-state index contributed by atoms with van der Waals surface area (Å²) >= 11 is 10.4. The Morgan fingerprint density at radius 3 is 2.94 bits per heavy atom. The maximum Gasteiger partial charge on any atom is 0.197 e. The Bertz CT molecular complexity index is 587. The molecule has 2 aromatic heterocycles. The number of nitrogens with zero attached hydrogens (tertiary/aromatic N) is 1. The van der Waals surface area contributed by atoms with Gasteiger partial charge in [0, 0.05) is 24.5 Å². The molecule has 2 aromatic rings. The Morgan fingerprint density at radius 1 is 1.50 bits per heavy atom. The molecule has 6 heteroatoms. The van der Waals surface area contributed by atoms with Crippen molar-refractivity contribution < 1.29 is 9.52 Å². The molecular weight excluding hydrogens is 334 g/mol. The third kappa shape index (κ3) is 2.77. The summed E-state index contributed by atoms with van der Waals surface area (Å²) in [5.74, 6) is 0.725. The van der Waals surface area contributed by atoms with Crippen LogP contribution in [0.3, 0.4) is 0 Å². The van der Waals surface area contributed by atoms with Gasteiger partial charge in [0.25, 0.3) is 0 Å². The van der Waals surface area contributed by atoms with Crippen LogP contribution in [0.2, 0.25) is 0 Å². The molecule has 0 aliphatic heterocycles. The molecular formula is C12H14BrNO2S2. The van der Waals surface area contributed by atoms with E-state index < -0.39 is 0 Å². The van der Waals surface area contributed by atoms with Crippen molar-refractivity contribution in [3.63, 3.8) is 0 Å². The monoisotopic (exact) mass is 347 g/mol. The van der Waals surface area contributed by atoms with Crippen LogP contribution >= 0.6 is 39.5 Å². The zero-order valence-electron chi connectivity index (χ0n) is 9.98. The van der Waals surface area contributed by atoms with E-state index in [1.807, 2.05) is 16.3 Å². The summed E-state index contributed by atoms with van der Waals surface area (Å²) in [7, 11) is 0. The van der Waals surface area contributed by atoms with Crippen molar-refractivity contribution in [1.29, 1.82) is 0 Å². The number of aliphatic hydroxyl groups is 1. The summed E-state index contributed by atoms with van der Waals surface area (Å²) in [6.45, 7) is 3.59. The van der Waals surface area contributed by atoms with Crippen LogP contribution in [-0.2, 0) is 0 Å². The van der Waals surface area contributed by atoms with Crippen LogP contribution in [-0.4, -0.2) is 24.8 Å². The predicted octanol–water partition coefficient (Wildman–Crippen LogP) is 4.19. The highest BCUT2D eigenvalue weighted by atomic mass is 79.9. The summed E-state index contributed by atoms with van der Waals surface area (Å²) in [6, 6.07) is 1.87. The molecule has 0 amide bonds. The minimum absolute atomic E-state index is 0.102. The second kappa shape index (κ2) is 6.14. The zero-order valence-corrected chi connectivity index (χ0v) is 13.2. The van der Waals surface area contributed by atoms with Crippen molar-refractivity contribution >= 4 is 55.7 Å². The first-order valence-electron chi connectivity index (χ1n) is 5.74. The SMILES string of the molecule is CCCN(CCO)c1cc(=S)c2scc(Br)c2o1. The van der Waals surface area contributed by atoms with Crippen LogP contribution in [0, 0.1) is 4.51 Å². The number of anilines is 1. The van der Waals surface area contributed by atoms with Gasteiger partial charge in [0.2, 0.25) is 0 Å². The van der Waals surface area contributed by atoms with Gasteiger partial charge in [0.15, 0.2) is 11.5 Å². The Labute approximate surface area is 123 Å². The standard InChI is InChI=1S/C12H14BrNO2S2/c1-2-3-14(4-5-15)10-6-9(17)12-11(16-10)8(13)7-18-12/h6-7,15H,2-5H2,1H3. The maximum atomic E-state index is 9.11. The second-order valence-corrected chi connectivity index (χ2v) is 6.08. The highest BCUT2D eigenvalue weighted by Crippen LogP contribution is 2.34. The van der Waals surface area contributed by atoms with Gasteiger partial charge < -0.3 is 14.4 Å². The molecule has 0 fully saturated rings. The molecule has 0 bridgehead atoms. The van der Waals surface area contributed by atoms with E-state index in [-0.39, 0.29) is 6.61 Å². The van der Waals surface area contributed by atoms with E-state index in [0.717, 1.165) is 38.1 Å². The molecule has 0 aliphatic rings. The lowest BCUT2D eigenvalue weighted by molar-refractivity contribution is 0.299. The van der Waals surface area contributed by atoms with Crippen LogP contribution in [0.1, 0.15) is 13.3 Å². The van der Waals surface area contributed by atoms with Gasteiger partial charge >= 0.3 is 0 Å². The van der Waals surface area contributed by atoms with Crippen LogP contribution in [0.5, 0.6) is 0 Å². The first-order chi connectivity index (χ1) is 8.67. The second-order valence-electron chi connectivity index (χ2n) is 3.90. The fraction of sp³-hybridized carbons (Fsp3) is 0.417. The van der Waals surface area contributed by atoms with E-state index in [2.05, 4.69) is 22.9 Å². The van der Waals surface area contributed by atoms with E-state index in [9.17, 15) is 0 Å². The number of fused-ring (bicyclic) bond motifs is 1. The van der Waals surface area contributed by atoms with Crippen LogP contribution in [0.25, 0.3) is 10.3 Å². The molecule has 0 aliphatic carbocycles. The Balaban J connectivity index is 2.49. The van der Waals surface area contributed by atoms with Gasteiger partial charge in [-0.3, -0.25) is 0 Å². The molecule has 3 nitrogen and oxygen atoms in total. The molecule has 98 valence electrons. The molecule has 1 N–H and O–H groups in total. The lowest BCUT2D eigenvalue weighted by Gasteiger charge is -2.21. The molecule has 0 atom stereocenters. The molecule has 2 rings (SSSR count). The van der Waals surface area contributed by atoms with Crippen molar-refractivity contribution in [2.24, 2.45) is 0 Å². The average Bonchev–Trinajstić information content (AvgIpc) is 2.72. The summed E-state index contributed by atoms with van der Waals surface area (Å²) < 4.78 is 8.60. The summed E-state index contributed by atoms with van der Waals surface area (Å²) in [5.41, 5.74) is 0.793. The summed E-state index contributed by atoms with van der Waals surface area (Å²) in [4.78, 5) is 2.01. The largest absolute Gasteiger partial charge is 0.438 e. The summed E-state index contributed by atoms with van der Waals surface area (Å²) in [6.07, 6.45) is 0.991. The van der Waals surface area contributed by atoms with Gasteiger partial charge in [0.05, 0.1) is 20.3 Å².